The fraction of sp³-hybridized carbons (Fsp3) is 0.364. The van der Waals surface area contributed by atoms with Crippen LogP contribution in [0.2, 0.25) is 0 Å². The Labute approximate surface area is 94.3 Å². The summed E-state index contributed by atoms with van der Waals surface area (Å²) in [6, 6.07) is 3.74. The lowest BCUT2D eigenvalue weighted by molar-refractivity contribution is 0.782. The molecule has 2 rings (SSSR count). The maximum atomic E-state index is 5.49. The molecule has 0 aromatic carbocycles. The van der Waals surface area contributed by atoms with E-state index in [1.807, 2.05) is 25.3 Å². The van der Waals surface area contributed by atoms with Gasteiger partial charge in [0.05, 0.1) is 6.20 Å². The van der Waals surface area contributed by atoms with E-state index in [4.69, 9.17) is 5.73 Å². The molecule has 0 bridgehead atoms. The zero-order valence-corrected chi connectivity index (χ0v) is 9.30. The third-order valence-electron chi connectivity index (χ3n) is 2.54. The Kier molecular flexibility index (Phi) is 3.26. The van der Waals surface area contributed by atoms with Gasteiger partial charge in [0.15, 0.2) is 5.82 Å². The first kappa shape index (κ1) is 10.8. The number of hydrogen-bond acceptors (Lipinski definition) is 4. The first-order valence-corrected chi connectivity index (χ1v) is 5.34. The molecule has 5 nitrogen and oxygen atoms in total. The minimum atomic E-state index is 0.704. The van der Waals surface area contributed by atoms with Gasteiger partial charge in [0, 0.05) is 11.9 Å². The molecule has 2 N–H and O–H groups in total. The van der Waals surface area contributed by atoms with Crippen LogP contribution < -0.4 is 5.73 Å². The molecule has 0 spiro atoms. The van der Waals surface area contributed by atoms with Gasteiger partial charge < -0.3 is 5.73 Å². The SMILES string of the molecule is Cc1c(CCCN)cnn1-c1cccnn1. The van der Waals surface area contributed by atoms with E-state index in [1.165, 1.54) is 5.56 Å². The van der Waals surface area contributed by atoms with Gasteiger partial charge in [-0.2, -0.15) is 10.2 Å². The zero-order chi connectivity index (χ0) is 11.4. The van der Waals surface area contributed by atoms with Crippen LogP contribution >= 0.6 is 0 Å². The molecule has 0 amide bonds. The molecule has 0 saturated heterocycles. The number of hydrogen-bond donors (Lipinski definition) is 1. The number of aromatic nitrogens is 4. The second-order valence-corrected chi connectivity index (χ2v) is 3.64. The molecule has 0 radical (unpaired) electrons. The van der Waals surface area contributed by atoms with Crippen LogP contribution in [0, 0.1) is 6.92 Å². The standard InChI is InChI=1S/C11H15N5/c1-9-10(4-2-6-12)8-14-16(9)11-5-3-7-13-15-11/h3,5,7-8H,2,4,6,12H2,1H3. The van der Waals surface area contributed by atoms with Crippen LogP contribution in [-0.4, -0.2) is 26.5 Å². The summed E-state index contributed by atoms with van der Waals surface area (Å²) in [4.78, 5) is 0. The topological polar surface area (TPSA) is 69.6 Å². The second kappa shape index (κ2) is 4.85. The van der Waals surface area contributed by atoms with Gasteiger partial charge in [-0.15, -0.1) is 5.10 Å². The Hall–Kier alpha value is -1.75. The predicted molar refractivity (Wildman–Crippen MR) is 61.3 cm³/mol. The number of nitrogens with zero attached hydrogens (tertiary/aromatic N) is 4. The number of rotatable bonds is 4. The van der Waals surface area contributed by atoms with Crippen molar-refractivity contribution >= 4 is 0 Å². The van der Waals surface area contributed by atoms with Crippen molar-refractivity contribution in [2.45, 2.75) is 19.8 Å². The van der Waals surface area contributed by atoms with Gasteiger partial charge in [0.1, 0.15) is 0 Å². The van der Waals surface area contributed by atoms with Crippen molar-refractivity contribution in [2.24, 2.45) is 5.73 Å². The molecular formula is C11H15N5. The first-order chi connectivity index (χ1) is 7.83. The van der Waals surface area contributed by atoms with E-state index in [-0.39, 0.29) is 0 Å². The quantitative estimate of drug-likeness (QED) is 0.824. The number of nitrogens with two attached hydrogens (primary N) is 1. The van der Waals surface area contributed by atoms with Crippen LogP contribution in [0.3, 0.4) is 0 Å². The summed E-state index contributed by atoms with van der Waals surface area (Å²) in [6.07, 6.45) is 5.47. The van der Waals surface area contributed by atoms with E-state index < -0.39 is 0 Å². The lowest BCUT2D eigenvalue weighted by atomic mass is 10.1. The summed E-state index contributed by atoms with van der Waals surface area (Å²) in [5, 5.41) is 12.2. The molecule has 0 aliphatic rings. The fourth-order valence-corrected chi connectivity index (χ4v) is 1.62. The molecule has 0 atom stereocenters. The summed E-state index contributed by atoms with van der Waals surface area (Å²) in [5.74, 6) is 0.749. The summed E-state index contributed by atoms with van der Waals surface area (Å²) in [5.41, 5.74) is 7.82. The molecule has 84 valence electrons. The Balaban J connectivity index is 2.27. The van der Waals surface area contributed by atoms with Crippen LogP contribution in [0.5, 0.6) is 0 Å². The largest absolute Gasteiger partial charge is 0.330 e. The molecular weight excluding hydrogens is 202 g/mol. The molecule has 2 aromatic heterocycles. The lowest BCUT2D eigenvalue weighted by Gasteiger charge is -2.02. The second-order valence-electron chi connectivity index (χ2n) is 3.64. The van der Waals surface area contributed by atoms with Crippen molar-refractivity contribution < 1.29 is 0 Å². The third kappa shape index (κ3) is 2.09. The van der Waals surface area contributed by atoms with Crippen molar-refractivity contribution in [1.82, 2.24) is 20.0 Å². The highest BCUT2D eigenvalue weighted by Gasteiger charge is 2.08. The minimum Gasteiger partial charge on any atom is -0.330 e. The van der Waals surface area contributed by atoms with E-state index in [2.05, 4.69) is 15.3 Å². The van der Waals surface area contributed by atoms with Crippen molar-refractivity contribution in [3.8, 4) is 5.82 Å². The third-order valence-corrected chi connectivity index (χ3v) is 2.54. The van der Waals surface area contributed by atoms with Gasteiger partial charge in [0.25, 0.3) is 0 Å². The predicted octanol–water partition coefficient (Wildman–Crippen LogP) is 0.862. The Bertz CT molecular complexity index is 449. The molecule has 0 aliphatic heterocycles. The van der Waals surface area contributed by atoms with Crippen molar-refractivity contribution in [3.63, 3.8) is 0 Å². The molecule has 0 saturated carbocycles. The van der Waals surface area contributed by atoms with Crippen LogP contribution in [0.4, 0.5) is 0 Å². The maximum absolute atomic E-state index is 5.49. The summed E-state index contributed by atoms with van der Waals surface area (Å²) in [7, 11) is 0. The molecule has 16 heavy (non-hydrogen) atoms. The number of aryl methyl sites for hydroxylation is 1. The van der Waals surface area contributed by atoms with Crippen LogP contribution in [-0.2, 0) is 6.42 Å². The molecule has 5 heteroatoms. The highest BCUT2D eigenvalue weighted by Crippen LogP contribution is 2.12. The maximum Gasteiger partial charge on any atom is 0.175 e. The van der Waals surface area contributed by atoms with Crippen LogP contribution in [0.15, 0.2) is 24.5 Å². The Morgan fingerprint density at radius 3 is 3.00 bits per heavy atom. The average molecular weight is 217 g/mol. The van der Waals surface area contributed by atoms with E-state index >= 15 is 0 Å². The van der Waals surface area contributed by atoms with Gasteiger partial charge in [-0.05, 0) is 44.0 Å². The van der Waals surface area contributed by atoms with Crippen LogP contribution in [0.25, 0.3) is 5.82 Å². The zero-order valence-electron chi connectivity index (χ0n) is 9.30. The Morgan fingerprint density at radius 1 is 1.44 bits per heavy atom. The molecule has 0 fully saturated rings. The molecule has 0 aliphatic carbocycles. The average Bonchev–Trinajstić information content (AvgIpc) is 2.69. The van der Waals surface area contributed by atoms with E-state index in [0.717, 1.165) is 24.4 Å². The normalized spacial score (nSPS) is 10.6. The summed E-state index contributed by atoms with van der Waals surface area (Å²) >= 11 is 0. The van der Waals surface area contributed by atoms with E-state index in [9.17, 15) is 0 Å². The van der Waals surface area contributed by atoms with E-state index in [0.29, 0.717) is 6.54 Å². The van der Waals surface area contributed by atoms with Crippen molar-refractivity contribution in [2.75, 3.05) is 6.54 Å². The highest BCUT2D eigenvalue weighted by atomic mass is 15.3. The highest BCUT2D eigenvalue weighted by molar-refractivity contribution is 5.26. The van der Waals surface area contributed by atoms with Crippen LogP contribution in [0.1, 0.15) is 17.7 Å². The Morgan fingerprint density at radius 2 is 2.31 bits per heavy atom. The molecule has 2 heterocycles. The van der Waals surface area contributed by atoms with Gasteiger partial charge >= 0.3 is 0 Å². The summed E-state index contributed by atoms with van der Waals surface area (Å²) < 4.78 is 1.80. The monoisotopic (exact) mass is 217 g/mol. The van der Waals surface area contributed by atoms with Gasteiger partial charge in [-0.3, -0.25) is 0 Å². The van der Waals surface area contributed by atoms with Crippen molar-refractivity contribution in [1.29, 1.82) is 0 Å². The first-order valence-electron chi connectivity index (χ1n) is 5.34. The van der Waals surface area contributed by atoms with Gasteiger partial charge in [-0.25, -0.2) is 4.68 Å². The molecule has 2 aromatic rings. The lowest BCUT2D eigenvalue weighted by Crippen LogP contribution is -2.04. The fourth-order valence-electron chi connectivity index (χ4n) is 1.62. The van der Waals surface area contributed by atoms with Crippen molar-refractivity contribution in [3.05, 3.63) is 35.8 Å². The minimum absolute atomic E-state index is 0.704. The molecule has 0 unspecified atom stereocenters. The van der Waals surface area contributed by atoms with Gasteiger partial charge in [0.2, 0.25) is 0 Å². The smallest absolute Gasteiger partial charge is 0.175 e. The van der Waals surface area contributed by atoms with Gasteiger partial charge in [-0.1, -0.05) is 0 Å². The summed E-state index contributed by atoms with van der Waals surface area (Å²) in [6.45, 7) is 2.74. The van der Waals surface area contributed by atoms with E-state index in [1.54, 1.807) is 10.9 Å².